The summed E-state index contributed by atoms with van der Waals surface area (Å²) in [4.78, 5) is 14.7. The van der Waals surface area contributed by atoms with Crippen LogP contribution in [-0.4, -0.2) is 31.8 Å². The van der Waals surface area contributed by atoms with E-state index >= 15 is 0 Å². The molecule has 2 aromatic rings. The number of nitrogens with one attached hydrogen (secondary N) is 1. The lowest BCUT2D eigenvalue weighted by molar-refractivity contribution is 0.0595. The van der Waals surface area contributed by atoms with Gasteiger partial charge in [0.25, 0.3) is 5.91 Å². The number of benzene rings is 2. The van der Waals surface area contributed by atoms with E-state index in [0.29, 0.717) is 12.1 Å². The number of hydrogen-bond donors (Lipinski definition) is 1. The summed E-state index contributed by atoms with van der Waals surface area (Å²) < 4.78 is 27.8. The summed E-state index contributed by atoms with van der Waals surface area (Å²) in [5.74, 6) is -0.0997. The third kappa shape index (κ3) is 4.14. The van der Waals surface area contributed by atoms with Gasteiger partial charge in [-0.3, -0.25) is 4.79 Å². The van der Waals surface area contributed by atoms with Crippen molar-refractivity contribution in [1.29, 1.82) is 0 Å². The van der Waals surface area contributed by atoms with Gasteiger partial charge in [0.05, 0.1) is 4.90 Å². The van der Waals surface area contributed by atoms with Crippen LogP contribution in [0.15, 0.2) is 59.5 Å². The average Bonchev–Trinajstić information content (AvgIpc) is 2.63. The van der Waals surface area contributed by atoms with E-state index in [0.717, 1.165) is 24.8 Å². The molecule has 1 aliphatic carbocycles. The molecule has 0 atom stereocenters. The fourth-order valence-corrected chi connectivity index (χ4v) is 4.15. The number of carbonyl (C=O) groups excluding carboxylic acids is 1. The molecule has 3 rings (SSSR count). The Morgan fingerprint density at radius 2 is 1.85 bits per heavy atom. The van der Waals surface area contributed by atoms with Crippen molar-refractivity contribution in [3.05, 3.63) is 65.7 Å². The van der Waals surface area contributed by atoms with Crippen LogP contribution in [0.25, 0.3) is 0 Å². The summed E-state index contributed by atoms with van der Waals surface area (Å²) >= 11 is 0. The molecule has 1 saturated carbocycles. The highest BCUT2D eigenvalue weighted by molar-refractivity contribution is 7.89. The van der Waals surface area contributed by atoms with Gasteiger partial charge in [0.2, 0.25) is 10.0 Å². The molecular formula is C20H24N2O3S. The number of carbonyl (C=O) groups is 1. The first-order chi connectivity index (χ1) is 12.5. The third-order valence-electron chi connectivity index (χ3n) is 4.82. The van der Waals surface area contributed by atoms with Crippen LogP contribution in [0, 0.1) is 0 Å². The Bertz CT molecular complexity index is 862. The highest BCUT2D eigenvalue weighted by Crippen LogP contribution is 2.26. The zero-order chi connectivity index (χ0) is 18.6. The molecule has 2 aromatic carbocycles. The topological polar surface area (TPSA) is 66.5 Å². The summed E-state index contributed by atoms with van der Waals surface area (Å²) in [6, 6.07) is 15.9. The third-order valence-corrected chi connectivity index (χ3v) is 6.22. The monoisotopic (exact) mass is 372 g/mol. The smallest absolute Gasteiger partial charge is 0.254 e. The van der Waals surface area contributed by atoms with Crippen LogP contribution >= 0.6 is 0 Å². The Labute approximate surface area is 155 Å². The molecule has 0 heterocycles. The van der Waals surface area contributed by atoms with Gasteiger partial charge in [0.15, 0.2) is 0 Å². The molecular weight excluding hydrogens is 348 g/mol. The predicted octanol–water partition coefficient (Wildman–Crippen LogP) is 3.18. The molecule has 1 aliphatic rings. The lowest BCUT2D eigenvalue weighted by Crippen LogP contribution is -2.44. The maximum absolute atomic E-state index is 12.8. The minimum atomic E-state index is -3.68. The van der Waals surface area contributed by atoms with Crippen LogP contribution in [0.3, 0.4) is 0 Å². The van der Waals surface area contributed by atoms with Crippen LogP contribution < -0.4 is 4.72 Å². The van der Waals surface area contributed by atoms with Crippen molar-refractivity contribution in [2.45, 2.75) is 43.7 Å². The summed E-state index contributed by atoms with van der Waals surface area (Å²) in [5, 5.41) is 0. The minimum Gasteiger partial charge on any atom is -0.336 e. The molecule has 138 valence electrons. The van der Waals surface area contributed by atoms with Crippen LogP contribution in [0.5, 0.6) is 0 Å². The Morgan fingerprint density at radius 1 is 1.12 bits per heavy atom. The van der Waals surface area contributed by atoms with E-state index < -0.39 is 10.0 Å². The number of hydrogen-bond acceptors (Lipinski definition) is 3. The maximum atomic E-state index is 12.8. The molecule has 1 N–H and O–H groups in total. The Kier molecular flexibility index (Phi) is 5.74. The van der Waals surface area contributed by atoms with Crippen LogP contribution in [0.4, 0.5) is 0 Å². The van der Waals surface area contributed by atoms with Crippen LogP contribution in [-0.2, 0) is 16.6 Å². The van der Waals surface area contributed by atoms with Gasteiger partial charge in [-0.05, 0) is 49.9 Å². The average molecular weight is 372 g/mol. The van der Waals surface area contributed by atoms with Crippen molar-refractivity contribution < 1.29 is 13.2 Å². The minimum absolute atomic E-state index is 0.0997. The molecule has 0 unspecified atom stereocenters. The fraction of sp³-hybridized carbons (Fsp3) is 0.350. The van der Waals surface area contributed by atoms with E-state index in [4.69, 9.17) is 0 Å². The molecule has 1 fully saturated rings. The molecule has 0 radical (unpaired) electrons. The molecule has 0 bridgehead atoms. The zero-order valence-corrected chi connectivity index (χ0v) is 15.7. The van der Waals surface area contributed by atoms with Crippen molar-refractivity contribution in [2.75, 3.05) is 6.54 Å². The maximum Gasteiger partial charge on any atom is 0.254 e. The van der Waals surface area contributed by atoms with Crippen molar-refractivity contribution in [3.63, 3.8) is 0 Å². The van der Waals surface area contributed by atoms with Crippen LogP contribution in [0.2, 0.25) is 0 Å². The standard InChI is InChI=1S/C20H24N2O3S/c1-2-22(18-11-7-12-18)20(23)17-10-6-13-19(14-17)26(24,25)21-15-16-8-4-3-5-9-16/h3-6,8-10,13-14,18,21H,2,7,11-12,15H2,1H3. The van der Waals surface area contributed by atoms with E-state index in [2.05, 4.69) is 4.72 Å². The highest BCUT2D eigenvalue weighted by Gasteiger charge is 2.28. The van der Waals surface area contributed by atoms with Crippen LogP contribution in [0.1, 0.15) is 42.1 Å². The van der Waals surface area contributed by atoms with Gasteiger partial charge in [-0.15, -0.1) is 0 Å². The number of sulfonamides is 1. The molecule has 5 nitrogen and oxygen atoms in total. The van der Waals surface area contributed by atoms with E-state index in [9.17, 15) is 13.2 Å². The first-order valence-corrected chi connectivity index (χ1v) is 10.4. The molecule has 0 saturated heterocycles. The Hall–Kier alpha value is -2.18. The van der Waals surface area contributed by atoms with Crippen molar-refractivity contribution in [1.82, 2.24) is 9.62 Å². The van der Waals surface area contributed by atoms with E-state index in [1.165, 1.54) is 12.1 Å². The quantitative estimate of drug-likeness (QED) is 0.812. The summed E-state index contributed by atoms with van der Waals surface area (Å²) in [5.41, 5.74) is 1.30. The van der Waals surface area contributed by atoms with E-state index in [-0.39, 0.29) is 23.4 Å². The van der Waals surface area contributed by atoms with Gasteiger partial charge in [0.1, 0.15) is 0 Å². The summed E-state index contributed by atoms with van der Waals surface area (Å²) in [6.07, 6.45) is 3.19. The van der Waals surface area contributed by atoms with Gasteiger partial charge in [0, 0.05) is 24.7 Å². The molecule has 6 heteroatoms. The summed E-state index contributed by atoms with van der Waals surface area (Å²) in [6.45, 7) is 2.80. The highest BCUT2D eigenvalue weighted by atomic mass is 32.2. The normalized spacial score (nSPS) is 14.7. The van der Waals surface area contributed by atoms with Crippen molar-refractivity contribution in [3.8, 4) is 0 Å². The second kappa shape index (κ2) is 8.01. The SMILES string of the molecule is CCN(C(=O)c1cccc(S(=O)(=O)NCc2ccccc2)c1)C1CCC1. The molecule has 0 aromatic heterocycles. The number of nitrogens with zero attached hydrogens (tertiary/aromatic N) is 1. The first-order valence-electron chi connectivity index (χ1n) is 8.96. The van der Waals surface area contributed by atoms with Crippen molar-refractivity contribution >= 4 is 15.9 Å². The predicted molar refractivity (Wildman–Crippen MR) is 101 cm³/mol. The largest absolute Gasteiger partial charge is 0.336 e. The zero-order valence-electron chi connectivity index (χ0n) is 14.9. The second-order valence-corrected chi connectivity index (χ2v) is 8.28. The first kappa shape index (κ1) is 18.6. The van der Waals surface area contributed by atoms with Gasteiger partial charge >= 0.3 is 0 Å². The molecule has 26 heavy (non-hydrogen) atoms. The number of rotatable bonds is 7. The molecule has 0 spiro atoms. The van der Waals surface area contributed by atoms with E-state index in [1.807, 2.05) is 42.2 Å². The van der Waals surface area contributed by atoms with E-state index in [1.54, 1.807) is 12.1 Å². The van der Waals surface area contributed by atoms with Gasteiger partial charge in [-0.1, -0.05) is 36.4 Å². The Morgan fingerprint density at radius 3 is 2.46 bits per heavy atom. The van der Waals surface area contributed by atoms with Crippen molar-refractivity contribution in [2.24, 2.45) is 0 Å². The molecule has 1 amide bonds. The lowest BCUT2D eigenvalue weighted by Gasteiger charge is -2.37. The lowest BCUT2D eigenvalue weighted by atomic mass is 9.91. The fourth-order valence-electron chi connectivity index (χ4n) is 3.09. The van der Waals surface area contributed by atoms with Gasteiger partial charge < -0.3 is 4.90 Å². The summed E-state index contributed by atoms with van der Waals surface area (Å²) in [7, 11) is -3.68. The second-order valence-electron chi connectivity index (χ2n) is 6.51. The molecule has 0 aliphatic heterocycles. The Balaban J connectivity index is 1.76. The van der Waals surface area contributed by atoms with Gasteiger partial charge in [-0.25, -0.2) is 13.1 Å². The van der Waals surface area contributed by atoms with Gasteiger partial charge in [-0.2, -0.15) is 0 Å². The number of amides is 1.